The van der Waals surface area contributed by atoms with Crippen molar-refractivity contribution in [3.63, 3.8) is 0 Å². The first-order chi connectivity index (χ1) is 8.02. The van der Waals surface area contributed by atoms with E-state index in [4.69, 9.17) is 0 Å². The van der Waals surface area contributed by atoms with E-state index in [0.717, 1.165) is 6.54 Å². The molecule has 0 spiro atoms. The lowest BCUT2D eigenvalue weighted by molar-refractivity contribution is -0.127. The number of carbonyl (C=O) groups is 1. The highest BCUT2D eigenvalue weighted by atomic mass is 16.1. The van der Waals surface area contributed by atoms with E-state index in [1.165, 1.54) is 11.1 Å². The molecule has 1 aliphatic heterocycles. The molecule has 92 valence electrons. The van der Waals surface area contributed by atoms with Gasteiger partial charge in [0.15, 0.2) is 5.78 Å². The van der Waals surface area contributed by atoms with Crippen molar-refractivity contribution in [3.8, 4) is 0 Å². The number of Topliss-reactive ketones (excluding diaryl/α,β-unsaturated/α-hetero) is 1. The molecular weight excluding hydrogens is 210 g/mol. The van der Waals surface area contributed by atoms with Crippen LogP contribution in [-0.2, 0) is 11.3 Å². The highest BCUT2D eigenvalue weighted by Crippen LogP contribution is 2.36. The van der Waals surface area contributed by atoms with Gasteiger partial charge in [-0.3, -0.25) is 9.69 Å². The lowest BCUT2D eigenvalue weighted by Crippen LogP contribution is -2.35. The highest BCUT2D eigenvalue weighted by molar-refractivity contribution is 5.88. The Labute approximate surface area is 104 Å². The minimum atomic E-state index is -0.0359. The van der Waals surface area contributed by atoms with Crippen molar-refractivity contribution < 1.29 is 4.79 Å². The number of hydrogen-bond acceptors (Lipinski definition) is 2. The van der Waals surface area contributed by atoms with Crippen molar-refractivity contribution >= 4 is 5.78 Å². The fraction of sp³-hybridized carbons (Fsp3) is 0.533. The first-order valence-electron chi connectivity index (χ1n) is 6.39. The van der Waals surface area contributed by atoms with E-state index in [-0.39, 0.29) is 12.0 Å². The Morgan fingerprint density at radius 2 is 1.88 bits per heavy atom. The highest BCUT2D eigenvalue weighted by Gasteiger charge is 2.37. The number of benzene rings is 1. The SMILES string of the molecule is CC(C)C(=O)[C@@H]1c2ccccc2CN1C(C)C. The third kappa shape index (κ3) is 2.14. The second-order valence-electron chi connectivity index (χ2n) is 5.42. The van der Waals surface area contributed by atoms with Crippen LogP contribution in [-0.4, -0.2) is 16.7 Å². The maximum Gasteiger partial charge on any atom is 0.157 e. The average molecular weight is 231 g/mol. The van der Waals surface area contributed by atoms with E-state index >= 15 is 0 Å². The van der Waals surface area contributed by atoms with Crippen molar-refractivity contribution in [1.82, 2.24) is 4.90 Å². The molecule has 0 unspecified atom stereocenters. The Balaban J connectivity index is 2.40. The number of ketones is 1. The van der Waals surface area contributed by atoms with Gasteiger partial charge in [-0.15, -0.1) is 0 Å². The summed E-state index contributed by atoms with van der Waals surface area (Å²) in [6.45, 7) is 9.19. The molecule has 0 fully saturated rings. The van der Waals surface area contributed by atoms with Crippen LogP contribution < -0.4 is 0 Å². The quantitative estimate of drug-likeness (QED) is 0.796. The van der Waals surface area contributed by atoms with Crippen LogP contribution in [0.1, 0.15) is 44.9 Å². The Bertz CT molecular complexity index is 423. The topological polar surface area (TPSA) is 20.3 Å². The largest absolute Gasteiger partial charge is 0.297 e. The maximum atomic E-state index is 12.4. The first kappa shape index (κ1) is 12.3. The van der Waals surface area contributed by atoms with Crippen molar-refractivity contribution in [2.24, 2.45) is 5.92 Å². The van der Waals surface area contributed by atoms with Crippen LogP contribution >= 0.6 is 0 Å². The molecule has 0 N–H and O–H groups in total. The van der Waals surface area contributed by atoms with Crippen molar-refractivity contribution in [1.29, 1.82) is 0 Å². The molecule has 0 aliphatic carbocycles. The molecule has 1 aromatic rings. The first-order valence-corrected chi connectivity index (χ1v) is 6.39. The second-order valence-corrected chi connectivity index (χ2v) is 5.42. The van der Waals surface area contributed by atoms with Crippen LogP contribution in [0.5, 0.6) is 0 Å². The monoisotopic (exact) mass is 231 g/mol. The van der Waals surface area contributed by atoms with Crippen LogP contribution in [0.2, 0.25) is 0 Å². The molecular formula is C15H21NO. The van der Waals surface area contributed by atoms with Gasteiger partial charge in [-0.2, -0.15) is 0 Å². The number of fused-ring (bicyclic) bond motifs is 1. The summed E-state index contributed by atoms with van der Waals surface area (Å²) in [5, 5.41) is 0. The van der Waals surface area contributed by atoms with Gasteiger partial charge in [0.05, 0.1) is 6.04 Å². The maximum absolute atomic E-state index is 12.4. The molecule has 0 amide bonds. The summed E-state index contributed by atoms with van der Waals surface area (Å²) in [4.78, 5) is 14.7. The Kier molecular flexibility index (Phi) is 3.34. The van der Waals surface area contributed by atoms with Crippen molar-refractivity contribution in [3.05, 3.63) is 35.4 Å². The van der Waals surface area contributed by atoms with E-state index in [0.29, 0.717) is 11.8 Å². The molecule has 2 rings (SSSR count). The van der Waals surface area contributed by atoms with Gasteiger partial charge < -0.3 is 0 Å². The molecule has 1 aromatic carbocycles. The molecule has 1 aliphatic rings. The molecule has 0 bridgehead atoms. The summed E-state index contributed by atoms with van der Waals surface area (Å²) in [6.07, 6.45) is 0. The number of hydrogen-bond donors (Lipinski definition) is 0. The van der Waals surface area contributed by atoms with Crippen LogP contribution in [0.25, 0.3) is 0 Å². The van der Waals surface area contributed by atoms with Crippen LogP contribution in [0.3, 0.4) is 0 Å². The minimum Gasteiger partial charge on any atom is -0.297 e. The van der Waals surface area contributed by atoms with Gasteiger partial charge in [0.1, 0.15) is 0 Å². The predicted octanol–water partition coefficient (Wildman–Crippen LogP) is 3.18. The zero-order chi connectivity index (χ0) is 12.6. The minimum absolute atomic E-state index is 0.0359. The number of rotatable bonds is 3. The van der Waals surface area contributed by atoms with E-state index in [2.05, 4.69) is 36.9 Å². The van der Waals surface area contributed by atoms with E-state index in [1.807, 2.05) is 19.9 Å². The Morgan fingerprint density at radius 3 is 2.47 bits per heavy atom. The van der Waals surface area contributed by atoms with Gasteiger partial charge in [0.25, 0.3) is 0 Å². The summed E-state index contributed by atoms with van der Waals surface area (Å²) in [6, 6.07) is 8.69. The van der Waals surface area contributed by atoms with E-state index in [1.54, 1.807) is 0 Å². The van der Waals surface area contributed by atoms with Gasteiger partial charge in [-0.05, 0) is 25.0 Å². The zero-order valence-corrected chi connectivity index (χ0v) is 11.1. The Morgan fingerprint density at radius 1 is 1.24 bits per heavy atom. The fourth-order valence-electron chi connectivity index (χ4n) is 2.52. The third-order valence-corrected chi connectivity index (χ3v) is 3.54. The molecule has 0 saturated carbocycles. The zero-order valence-electron chi connectivity index (χ0n) is 11.1. The number of nitrogens with zero attached hydrogens (tertiary/aromatic N) is 1. The summed E-state index contributed by atoms with van der Waals surface area (Å²) < 4.78 is 0. The van der Waals surface area contributed by atoms with Crippen molar-refractivity contribution in [2.75, 3.05) is 0 Å². The van der Waals surface area contributed by atoms with Gasteiger partial charge >= 0.3 is 0 Å². The lowest BCUT2D eigenvalue weighted by Gasteiger charge is -2.28. The summed E-state index contributed by atoms with van der Waals surface area (Å²) in [5.41, 5.74) is 2.51. The predicted molar refractivity (Wildman–Crippen MR) is 69.7 cm³/mol. The smallest absolute Gasteiger partial charge is 0.157 e. The van der Waals surface area contributed by atoms with Gasteiger partial charge in [0.2, 0.25) is 0 Å². The fourth-order valence-corrected chi connectivity index (χ4v) is 2.52. The molecule has 0 radical (unpaired) electrons. The normalized spacial score (nSPS) is 20.0. The van der Waals surface area contributed by atoms with Gasteiger partial charge in [0, 0.05) is 18.5 Å². The number of carbonyl (C=O) groups excluding carboxylic acids is 1. The molecule has 0 saturated heterocycles. The summed E-state index contributed by atoms with van der Waals surface area (Å²) in [5.74, 6) is 0.427. The molecule has 17 heavy (non-hydrogen) atoms. The van der Waals surface area contributed by atoms with Crippen LogP contribution in [0.4, 0.5) is 0 Å². The molecule has 2 nitrogen and oxygen atoms in total. The average Bonchev–Trinajstić information content (AvgIpc) is 2.67. The molecule has 0 aromatic heterocycles. The van der Waals surface area contributed by atoms with Crippen molar-refractivity contribution in [2.45, 2.75) is 46.3 Å². The van der Waals surface area contributed by atoms with E-state index in [9.17, 15) is 4.79 Å². The van der Waals surface area contributed by atoms with Gasteiger partial charge in [-0.25, -0.2) is 0 Å². The molecule has 2 heteroatoms. The van der Waals surface area contributed by atoms with Crippen LogP contribution in [0, 0.1) is 5.92 Å². The second kappa shape index (κ2) is 4.61. The summed E-state index contributed by atoms with van der Waals surface area (Å²) in [7, 11) is 0. The molecule has 1 atom stereocenters. The standard InChI is InChI=1S/C15H21NO/c1-10(2)15(17)14-13-8-6-5-7-12(13)9-16(14)11(3)4/h5-8,10-11,14H,9H2,1-4H3/t14-/m0/s1. The van der Waals surface area contributed by atoms with Gasteiger partial charge in [-0.1, -0.05) is 38.1 Å². The van der Waals surface area contributed by atoms with Crippen LogP contribution in [0.15, 0.2) is 24.3 Å². The van der Waals surface area contributed by atoms with E-state index < -0.39 is 0 Å². The summed E-state index contributed by atoms with van der Waals surface area (Å²) >= 11 is 0. The Hall–Kier alpha value is -1.15. The molecule has 1 heterocycles. The third-order valence-electron chi connectivity index (χ3n) is 3.54. The lowest BCUT2D eigenvalue weighted by atomic mass is 9.94.